The predicted octanol–water partition coefficient (Wildman–Crippen LogP) is 2.33. The predicted molar refractivity (Wildman–Crippen MR) is 71.8 cm³/mol. The number of nitrogens with two attached hydrogens (primary N) is 1. The Morgan fingerprint density at radius 2 is 1.81 bits per heavy atom. The van der Waals surface area contributed by atoms with Gasteiger partial charge in [0.05, 0.1) is 0 Å². The van der Waals surface area contributed by atoms with E-state index in [1.54, 1.807) is 0 Å². The van der Waals surface area contributed by atoms with Crippen LogP contribution < -0.4 is 11.1 Å². The molecule has 98 valence electrons. The lowest BCUT2D eigenvalue weighted by Gasteiger charge is -2.14. The van der Waals surface area contributed by atoms with Crippen LogP contribution in [0.4, 0.5) is 0 Å². The summed E-state index contributed by atoms with van der Waals surface area (Å²) in [5.74, 6) is 1.29. The Kier molecular flexibility index (Phi) is 11.2. The number of nitrogens with one attached hydrogen (secondary N) is 1. The quantitative estimate of drug-likeness (QED) is 0.729. The van der Waals surface area contributed by atoms with Gasteiger partial charge in [-0.2, -0.15) is 0 Å². The maximum Gasteiger partial charge on any atom is 0.220 e. The zero-order chi connectivity index (χ0) is 11.8. The fourth-order valence-corrected chi connectivity index (χ4v) is 1.72. The number of hydrogen-bond donors (Lipinski definition) is 2. The van der Waals surface area contributed by atoms with Crippen molar-refractivity contribution in [3.8, 4) is 0 Å². The van der Waals surface area contributed by atoms with Crippen molar-refractivity contribution in [2.75, 3.05) is 6.54 Å². The third-order valence-corrected chi connectivity index (χ3v) is 2.33. The molecule has 2 atom stereocenters. The van der Waals surface area contributed by atoms with Crippen LogP contribution in [0, 0.1) is 11.8 Å². The summed E-state index contributed by atoms with van der Waals surface area (Å²) >= 11 is 0. The van der Waals surface area contributed by atoms with Gasteiger partial charge in [0, 0.05) is 19.0 Å². The van der Waals surface area contributed by atoms with Gasteiger partial charge in [0.15, 0.2) is 0 Å². The van der Waals surface area contributed by atoms with E-state index in [1.165, 1.54) is 0 Å². The molecule has 0 aromatic heterocycles. The molecule has 2 unspecified atom stereocenters. The first-order valence-corrected chi connectivity index (χ1v) is 5.94. The molecule has 4 heteroatoms. The van der Waals surface area contributed by atoms with E-state index in [4.69, 9.17) is 5.73 Å². The van der Waals surface area contributed by atoms with Crippen LogP contribution in [-0.2, 0) is 4.79 Å². The number of carbonyl (C=O) groups is 1. The number of rotatable bonds is 7. The summed E-state index contributed by atoms with van der Waals surface area (Å²) in [5.41, 5.74) is 5.59. The fourth-order valence-electron chi connectivity index (χ4n) is 1.72. The molecule has 0 fully saturated rings. The molecule has 0 spiro atoms. The molecular weight excluding hydrogens is 224 g/mol. The van der Waals surface area contributed by atoms with Crippen molar-refractivity contribution in [3.05, 3.63) is 0 Å². The molecule has 0 saturated carbocycles. The van der Waals surface area contributed by atoms with Crippen molar-refractivity contribution >= 4 is 18.3 Å². The lowest BCUT2D eigenvalue weighted by molar-refractivity contribution is -0.122. The maximum atomic E-state index is 11.5. The molecule has 0 aliphatic rings. The minimum absolute atomic E-state index is 0. The topological polar surface area (TPSA) is 55.1 Å². The summed E-state index contributed by atoms with van der Waals surface area (Å²) in [6.07, 6.45) is 2.60. The van der Waals surface area contributed by atoms with Crippen LogP contribution in [0.1, 0.15) is 47.0 Å². The summed E-state index contributed by atoms with van der Waals surface area (Å²) in [6, 6.07) is 0.165. The van der Waals surface area contributed by atoms with E-state index in [2.05, 4.69) is 26.1 Å². The van der Waals surface area contributed by atoms with E-state index in [1.807, 2.05) is 6.92 Å². The molecular formula is C12H27ClN2O. The average Bonchev–Trinajstić information content (AvgIpc) is 2.00. The highest BCUT2D eigenvalue weighted by Crippen LogP contribution is 2.13. The third-order valence-electron chi connectivity index (χ3n) is 2.33. The van der Waals surface area contributed by atoms with Crippen LogP contribution in [0.5, 0.6) is 0 Å². The van der Waals surface area contributed by atoms with E-state index in [-0.39, 0.29) is 24.4 Å². The van der Waals surface area contributed by atoms with Gasteiger partial charge >= 0.3 is 0 Å². The molecule has 0 aliphatic heterocycles. The first-order chi connectivity index (χ1) is 6.91. The van der Waals surface area contributed by atoms with Crippen molar-refractivity contribution in [2.24, 2.45) is 17.6 Å². The zero-order valence-corrected chi connectivity index (χ0v) is 11.8. The van der Waals surface area contributed by atoms with Gasteiger partial charge < -0.3 is 11.1 Å². The van der Waals surface area contributed by atoms with E-state index in [9.17, 15) is 4.79 Å². The number of halogens is 1. The monoisotopic (exact) mass is 250 g/mol. The van der Waals surface area contributed by atoms with E-state index in [0.29, 0.717) is 24.8 Å². The van der Waals surface area contributed by atoms with Gasteiger partial charge in [-0.3, -0.25) is 4.79 Å². The Bertz CT molecular complexity index is 184. The fraction of sp³-hybridized carbons (Fsp3) is 0.917. The molecule has 3 nitrogen and oxygen atoms in total. The van der Waals surface area contributed by atoms with Gasteiger partial charge in [-0.15, -0.1) is 12.4 Å². The minimum atomic E-state index is 0. The van der Waals surface area contributed by atoms with Crippen LogP contribution in [0.25, 0.3) is 0 Å². The summed E-state index contributed by atoms with van der Waals surface area (Å²) in [6.45, 7) is 9.15. The molecule has 16 heavy (non-hydrogen) atoms. The number of amides is 1. The SMILES string of the molecule is CC(C)CC(C)CC(=O)NCCC(C)N.Cl. The molecule has 3 N–H and O–H groups in total. The standard InChI is InChI=1S/C12H26N2O.ClH/c1-9(2)7-10(3)8-12(15)14-6-5-11(4)13;/h9-11H,5-8,13H2,1-4H3,(H,14,15);1H. The van der Waals surface area contributed by atoms with Gasteiger partial charge in [0.2, 0.25) is 5.91 Å². The molecule has 0 rings (SSSR count). The normalized spacial score (nSPS) is 14.1. The number of carbonyl (C=O) groups excluding carboxylic acids is 1. The van der Waals surface area contributed by atoms with Crippen LogP contribution in [-0.4, -0.2) is 18.5 Å². The lowest BCUT2D eigenvalue weighted by atomic mass is 9.96. The highest BCUT2D eigenvalue weighted by atomic mass is 35.5. The highest BCUT2D eigenvalue weighted by Gasteiger charge is 2.10. The van der Waals surface area contributed by atoms with Gasteiger partial charge in [-0.05, 0) is 31.6 Å². The molecule has 0 radical (unpaired) electrons. The molecule has 0 saturated heterocycles. The largest absolute Gasteiger partial charge is 0.356 e. The van der Waals surface area contributed by atoms with Gasteiger partial charge in [0.25, 0.3) is 0 Å². The first kappa shape index (κ1) is 18.1. The van der Waals surface area contributed by atoms with Crippen LogP contribution in [0.15, 0.2) is 0 Å². The molecule has 0 bridgehead atoms. The first-order valence-electron chi connectivity index (χ1n) is 5.94. The van der Waals surface area contributed by atoms with Crippen molar-refractivity contribution in [2.45, 2.75) is 53.0 Å². The van der Waals surface area contributed by atoms with Crippen molar-refractivity contribution < 1.29 is 4.79 Å². The molecule has 1 amide bonds. The van der Waals surface area contributed by atoms with Crippen molar-refractivity contribution in [3.63, 3.8) is 0 Å². The van der Waals surface area contributed by atoms with Gasteiger partial charge in [-0.1, -0.05) is 20.8 Å². The van der Waals surface area contributed by atoms with E-state index >= 15 is 0 Å². The minimum Gasteiger partial charge on any atom is -0.356 e. The lowest BCUT2D eigenvalue weighted by Crippen LogP contribution is -2.30. The Hall–Kier alpha value is -0.280. The Morgan fingerprint density at radius 3 is 2.25 bits per heavy atom. The Morgan fingerprint density at radius 1 is 1.25 bits per heavy atom. The summed E-state index contributed by atoms with van der Waals surface area (Å²) in [7, 11) is 0. The van der Waals surface area contributed by atoms with E-state index < -0.39 is 0 Å². The molecule has 0 aliphatic carbocycles. The Labute approximate surface area is 106 Å². The van der Waals surface area contributed by atoms with Crippen molar-refractivity contribution in [1.29, 1.82) is 0 Å². The second kappa shape index (κ2) is 9.91. The van der Waals surface area contributed by atoms with E-state index in [0.717, 1.165) is 12.8 Å². The molecule has 0 heterocycles. The zero-order valence-electron chi connectivity index (χ0n) is 11.0. The summed E-state index contributed by atoms with van der Waals surface area (Å²) in [5, 5.41) is 2.90. The van der Waals surface area contributed by atoms with Crippen molar-refractivity contribution in [1.82, 2.24) is 5.32 Å². The van der Waals surface area contributed by atoms with Crippen LogP contribution >= 0.6 is 12.4 Å². The molecule has 0 aromatic carbocycles. The van der Waals surface area contributed by atoms with Gasteiger partial charge in [0.1, 0.15) is 0 Å². The van der Waals surface area contributed by atoms with Crippen LogP contribution in [0.2, 0.25) is 0 Å². The maximum absolute atomic E-state index is 11.5. The average molecular weight is 251 g/mol. The second-order valence-electron chi connectivity index (χ2n) is 5.05. The summed E-state index contributed by atoms with van der Waals surface area (Å²) in [4.78, 5) is 11.5. The van der Waals surface area contributed by atoms with Gasteiger partial charge in [-0.25, -0.2) is 0 Å². The number of hydrogen-bond acceptors (Lipinski definition) is 2. The molecule has 0 aromatic rings. The Balaban J connectivity index is 0. The third kappa shape index (κ3) is 11.8. The smallest absolute Gasteiger partial charge is 0.220 e. The highest BCUT2D eigenvalue weighted by molar-refractivity contribution is 5.85. The summed E-state index contributed by atoms with van der Waals surface area (Å²) < 4.78 is 0. The van der Waals surface area contributed by atoms with Crippen LogP contribution in [0.3, 0.4) is 0 Å². The second-order valence-corrected chi connectivity index (χ2v) is 5.05.